The molecule has 0 saturated carbocycles. The minimum absolute atomic E-state index is 0.00929. The van der Waals surface area contributed by atoms with E-state index in [0.717, 1.165) is 26.1 Å². The molecule has 2 fully saturated rings. The largest absolute Gasteiger partial charge is 0.490 e. The van der Waals surface area contributed by atoms with E-state index in [0.29, 0.717) is 47.0 Å². The predicted molar refractivity (Wildman–Crippen MR) is 167 cm³/mol. The highest BCUT2D eigenvalue weighted by Gasteiger charge is 2.39. The number of hydrogen-bond donors (Lipinski definition) is 3. The molecule has 238 valence electrons. The Labute approximate surface area is 262 Å². The highest BCUT2D eigenvalue weighted by atomic mass is 16.5. The van der Waals surface area contributed by atoms with E-state index in [1.807, 2.05) is 18.2 Å². The second kappa shape index (κ2) is 13.3. The first kappa shape index (κ1) is 30.6. The summed E-state index contributed by atoms with van der Waals surface area (Å²) in [7, 11) is 1.76. The summed E-state index contributed by atoms with van der Waals surface area (Å²) in [4.78, 5) is 43.3. The van der Waals surface area contributed by atoms with Gasteiger partial charge in [0.2, 0.25) is 5.91 Å². The van der Waals surface area contributed by atoms with Crippen LogP contribution in [0.4, 0.5) is 16.2 Å². The van der Waals surface area contributed by atoms with Crippen molar-refractivity contribution in [1.29, 1.82) is 0 Å². The number of benzene rings is 2. The minimum Gasteiger partial charge on any atom is -0.490 e. The lowest BCUT2D eigenvalue weighted by atomic mass is 9.94. The van der Waals surface area contributed by atoms with E-state index in [9.17, 15) is 14.4 Å². The standard InChI is InChI=1S/C33H40N6O6/c1-20-31(21(2)45-37-20)36-33(42)35-23-9-12-28-26(15-23)32(41)38(3)27-11-10-25(44-29(27)19-43-28)16-30(40)34-24-13-14-39(18-24)17-22-7-5-4-6-8-22/h4-9,12,15,24-25,27,29H,10-11,13-14,16-19H2,1-3H3,(H,34,40)(H2,35,36,42)/t24-,25+,27-,29-/m1/s1. The van der Waals surface area contributed by atoms with Crippen LogP contribution in [0, 0.1) is 13.8 Å². The number of nitrogens with zero attached hydrogens (tertiary/aromatic N) is 3. The smallest absolute Gasteiger partial charge is 0.323 e. The fourth-order valence-corrected chi connectivity index (χ4v) is 6.47. The molecule has 4 atom stereocenters. The van der Waals surface area contributed by atoms with Crippen LogP contribution in [0.2, 0.25) is 0 Å². The molecule has 12 nitrogen and oxygen atoms in total. The van der Waals surface area contributed by atoms with Crippen LogP contribution >= 0.6 is 0 Å². The number of aromatic nitrogens is 1. The van der Waals surface area contributed by atoms with Crippen molar-refractivity contribution in [3.05, 3.63) is 71.1 Å². The summed E-state index contributed by atoms with van der Waals surface area (Å²) < 4.78 is 17.6. The molecule has 2 saturated heterocycles. The monoisotopic (exact) mass is 616 g/mol. The van der Waals surface area contributed by atoms with Gasteiger partial charge in [0.1, 0.15) is 29.8 Å². The number of aryl methyl sites for hydroxylation is 2. The van der Waals surface area contributed by atoms with Crippen molar-refractivity contribution in [2.24, 2.45) is 0 Å². The Hall–Kier alpha value is -4.42. The van der Waals surface area contributed by atoms with E-state index in [1.165, 1.54) is 5.56 Å². The SMILES string of the molecule is Cc1noc(C)c1NC(=O)Nc1ccc2c(c1)C(=O)N(C)[C@@H]1CC[C@@H](CC(=O)N[C@@H]3CCN(Cc4ccccc4)C3)O[C@@H]1CO2. The normalized spacial score (nSPS) is 23.3. The molecule has 6 rings (SSSR count). The van der Waals surface area contributed by atoms with Crippen molar-refractivity contribution < 1.29 is 28.4 Å². The number of rotatable bonds is 7. The number of fused-ring (bicyclic) bond motifs is 2. The lowest BCUT2D eigenvalue weighted by molar-refractivity contribution is -0.134. The third-order valence-corrected chi connectivity index (χ3v) is 8.84. The summed E-state index contributed by atoms with van der Waals surface area (Å²) in [6, 6.07) is 14.8. The molecule has 1 aromatic heterocycles. The van der Waals surface area contributed by atoms with E-state index in [1.54, 1.807) is 44.0 Å². The summed E-state index contributed by atoms with van der Waals surface area (Å²) in [5.41, 5.74) is 3.14. The quantitative estimate of drug-likeness (QED) is 0.361. The Balaban J connectivity index is 1.02. The van der Waals surface area contributed by atoms with Crippen molar-refractivity contribution in [1.82, 2.24) is 20.3 Å². The first-order valence-electron chi connectivity index (χ1n) is 15.5. The molecular formula is C33H40N6O6. The van der Waals surface area contributed by atoms with Crippen LogP contribution in [-0.2, 0) is 16.1 Å². The minimum atomic E-state index is -0.481. The summed E-state index contributed by atoms with van der Waals surface area (Å²) >= 11 is 0. The number of hydrogen-bond acceptors (Lipinski definition) is 8. The molecule has 3 aliphatic rings. The Morgan fingerprint density at radius 2 is 1.87 bits per heavy atom. The summed E-state index contributed by atoms with van der Waals surface area (Å²) in [5.74, 6) is 0.671. The molecule has 0 spiro atoms. The molecule has 0 aliphatic carbocycles. The van der Waals surface area contributed by atoms with Gasteiger partial charge in [-0.15, -0.1) is 0 Å². The van der Waals surface area contributed by atoms with Gasteiger partial charge in [-0.05, 0) is 56.9 Å². The van der Waals surface area contributed by atoms with Crippen molar-refractivity contribution >= 4 is 29.2 Å². The van der Waals surface area contributed by atoms with Gasteiger partial charge in [0, 0.05) is 38.4 Å². The number of likely N-dealkylation sites (N-methyl/N-ethyl adjacent to an activating group) is 1. The maximum absolute atomic E-state index is 13.6. The average molecular weight is 617 g/mol. The van der Waals surface area contributed by atoms with Gasteiger partial charge in [0.05, 0.1) is 24.1 Å². The number of carbonyl (C=O) groups is 3. The fourth-order valence-electron chi connectivity index (χ4n) is 6.47. The number of anilines is 2. The Morgan fingerprint density at radius 1 is 1.04 bits per heavy atom. The molecule has 3 aliphatic heterocycles. The maximum Gasteiger partial charge on any atom is 0.323 e. The molecule has 0 unspecified atom stereocenters. The van der Waals surface area contributed by atoms with E-state index in [4.69, 9.17) is 14.0 Å². The van der Waals surface area contributed by atoms with E-state index in [2.05, 4.69) is 38.1 Å². The van der Waals surface area contributed by atoms with Gasteiger partial charge in [-0.1, -0.05) is 35.5 Å². The molecule has 0 radical (unpaired) electrons. The molecule has 12 heteroatoms. The van der Waals surface area contributed by atoms with Crippen LogP contribution in [0.5, 0.6) is 5.75 Å². The first-order chi connectivity index (χ1) is 21.7. The molecule has 4 heterocycles. The van der Waals surface area contributed by atoms with Gasteiger partial charge < -0.3 is 34.8 Å². The van der Waals surface area contributed by atoms with Crippen LogP contribution < -0.4 is 20.7 Å². The van der Waals surface area contributed by atoms with Crippen LogP contribution in [-0.4, -0.2) is 83.8 Å². The van der Waals surface area contributed by atoms with Crippen molar-refractivity contribution in [2.75, 3.05) is 37.4 Å². The first-order valence-corrected chi connectivity index (χ1v) is 15.5. The lowest BCUT2D eigenvalue weighted by Gasteiger charge is -2.42. The van der Waals surface area contributed by atoms with Crippen molar-refractivity contribution in [3.8, 4) is 5.75 Å². The molecular weight excluding hydrogens is 576 g/mol. The molecule has 45 heavy (non-hydrogen) atoms. The van der Waals surface area contributed by atoms with Crippen LogP contribution in [0.25, 0.3) is 0 Å². The summed E-state index contributed by atoms with van der Waals surface area (Å²) in [6.07, 6.45) is 1.94. The average Bonchev–Trinajstić information content (AvgIpc) is 3.60. The highest BCUT2D eigenvalue weighted by molar-refractivity contribution is 6.03. The summed E-state index contributed by atoms with van der Waals surface area (Å²) in [5, 5.41) is 12.5. The Morgan fingerprint density at radius 3 is 2.64 bits per heavy atom. The van der Waals surface area contributed by atoms with E-state index < -0.39 is 6.03 Å². The van der Waals surface area contributed by atoms with Crippen LogP contribution in [0.3, 0.4) is 0 Å². The second-order valence-corrected chi connectivity index (χ2v) is 12.1. The zero-order valence-corrected chi connectivity index (χ0v) is 25.9. The fraction of sp³-hybridized carbons (Fsp3) is 0.455. The number of urea groups is 1. The van der Waals surface area contributed by atoms with Crippen LogP contribution in [0.1, 0.15) is 53.1 Å². The Bertz CT molecular complexity index is 1520. The van der Waals surface area contributed by atoms with Gasteiger partial charge in [-0.25, -0.2) is 4.79 Å². The van der Waals surface area contributed by atoms with Crippen molar-refractivity contribution in [3.63, 3.8) is 0 Å². The Kier molecular flexibility index (Phi) is 9.04. The van der Waals surface area contributed by atoms with E-state index >= 15 is 0 Å². The third kappa shape index (κ3) is 7.12. The van der Waals surface area contributed by atoms with Gasteiger partial charge in [-0.2, -0.15) is 0 Å². The predicted octanol–water partition coefficient (Wildman–Crippen LogP) is 4.10. The molecule has 2 aromatic carbocycles. The number of likely N-dealkylation sites (tertiary alicyclic amines) is 1. The zero-order chi connectivity index (χ0) is 31.5. The highest BCUT2D eigenvalue weighted by Crippen LogP contribution is 2.33. The van der Waals surface area contributed by atoms with E-state index in [-0.39, 0.29) is 49.1 Å². The third-order valence-electron chi connectivity index (χ3n) is 8.84. The topological polar surface area (TPSA) is 138 Å². The maximum atomic E-state index is 13.6. The summed E-state index contributed by atoms with van der Waals surface area (Å²) in [6.45, 7) is 6.36. The number of ether oxygens (including phenoxy) is 2. The van der Waals surface area contributed by atoms with Gasteiger partial charge in [0.15, 0.2) is 5.76 Å². The molecule has 3 aromatic rings. The molecule has 3 N–H and O–H groups in total. The lowest BCUT2D eigenvalue weighted by Crippen LogP contribution is -2.54. The van der Waals surface area contributed by atoms with Gasteiger partial charge >= 0.3 is 6.03 Å². The number of carbonyl (C=O) groups excluding carboxylic acids is 3. The van der Waals surface area contributed by atoms with Gasteiger partial charge in [-0.3, -0.25) is 14.5 Å². The zero-order valence-electron chi connectivity index (χ0n) is 25.9. The van der Waals surface area contributed by atoms with Crippen LogP contribution in [0.15, 0.2) is 53.1 Å². The number of nitrogens with one attached hydrogen (secondary N) is 3. The van der Waals surface area contributed by atoms with Gasteiger partial charge in [0.25, 0.3) is 5.91 Å². The number of amides is 4. The molecule has 0 bridgehead atoms. The molecule has 4 amide bonds. The second-order valence-electron chi connectivity index (χ2n) is 12.1. The van der Waals surface area contributed by atoms with Crippen molar-refractivity contribution in [2.45, 2.75) is 70.4 Å².